The Morgan fingerprint density at radius 3 is 2.47 bits per heavy atom. The van der Waals surface area contributed by atoms with Crippen molar-refractivity contribution in [3.8, 4) is 11.4 Å². The summed E-state index contributed by atoms with van der Waals surface area (Å²) in [5.74, 6) is 0.644. The lowest BCUT2D eigenvalue weighted by Crippen LogP contribution is -2.47. The molecule has 0 saturated carbocycles. The third-order valence-electron chi connectivity index (χ3n) is 5.82. The van der Waals surface area contributed by atoms with E-state index in [1.54, 1.807) is 27.3 Å². The topological polar surface area (TPSA) is 87.4 Å². The molecule has 0 amide bonds. The van der Waals surface area contributed by atoms with E-state index in [0.29, 0.717) is 34.6 Å². The van der Waals surface area contributed by atoms with Crippen molar-refractivity contribution in [1.82, 2.24) is 9.13 Å². The summed E-state index contributed by atoms with van der Waals surface area (Å²) in [6, 6.07) is 12.5. The number of aromatic nitrogens is 2. The molecule has 1 saturated heterocycles. The average Bonchev–Trinajstić information content (AvgIpc) is 2.97. The highest BCUT2D eigenvalue weighted by molar-refractivity contribution is 7.92. The Morgan fingerprint density at radius 1 is 1.12 bits per heavy atom. The molecule has 0 unspecified atom stereocenters. The molecule has 170 valence electrons. The van der Waals surface area contributed by atoms with E-state index in [1.165, 1.54) is 0 Å². The molecule has 4 rings (SSSR count). The van der Waals surface area contributed by atoms with Gasteiger partial charge in [0.15, 0.2) is 15.6 Å². The number of fused-ring (bicyclic) bond motifs is 1. The van der Waals surface area contributed by atoms with Gasteiger partial charge in [-0.15, -0.1) is 0 Å². The molecule has 0 radical (unpaired) electrons. The molecule has 1 aliphatic rings. The number of ether oxygens (including phenoxy) is 1. The van der Waals surface area contributed by atoms with Crippen LogP contribution in [-0.4, -0.2) is 41.4 Å². The van der Waals surface area contributed by atoms with Gasteiger partial charge in [-0.25, -0.2) is 13.2 Å². The molecule has 1 aromatic heterocycles. The Morgan fingerprint density at radius 2 is 1.84 bits per heavy atom. The molecule has 2 aromatic carbocycles. The van der Waals surface area contributed by atoms with E-state index < -0.39 is 15.3 Å². The van der Waals surface area contributed by atoms with E-state index in [-0.39, 0.29) is 35.4 Å². The van der Waals surface area contributed by atoms with Gasteiger partial charge in [0, 0.05) is 29.5 Å². The van der Waals surface area contributed by atoms with Gasteiger partial charge in [-0.05, 0) is 51.1 Å². The van der Waals surface area contributed by atoms with Gasteiger partial charge in [0.05, 0.1) is 34.8 Å². The van der Waals surface area contributed by atoms with Crippen LogP contribution >= 0.6 is 0 Å². The van der Waals surface area contributed by atoms with Crippen molar-refractivity contribution in [3.63, 3.8) is 0 Å². The molecule has 1 fully saturated rings. The second-order valence-corrected chi connectivity index (χ2v) is 11.2. The Bertz CT molecular complexity index is 1350. The normalized spacial score (nSPS) is 16.8. The number of hydrogen-bond acceptors (Lipinski definition) is 5. The number of sulfone groups is 1. The van der Waals surface area contributed by atoms with Crippen molar-refractivity contribution in [2.75, 3.05) is 18.1 Å². The van der Waals surface area contributed by atoms with Crippen molar-refractivity contribution in [2.24, 2.45) is 5.41 Å². The van der Waals surface area contributed by atoms with Crippen molar-refractivity contribution >= 4 is 26.7 Å². The zero-order valence-corrected chi connectivity index (χ0v) is 19.6. The maximum Gasteiger partial charge on any atom is 0.333 e. The number of carbonyl (C=O) groups excluding carboxylic acids is 1. The number of hydrogen-bond donors (Lipinski definition) is 0. The molecule has 8 heteroatoms. The van der Waals surface area contributed by atoms with Gasteiger partial charge < -0.3 is 4.74 Å². The lowest BCUT2D eigenvalue weighted by molar-refractivity contribution is 0.0936. The summed E-state index contributed by atoms with van der Waals surface area (Å²) in [5.41, 5.74) is 1.84. The minimum atomic E-state index is -3.02. The molecule has 1 aliphatic heterocycles. The smallest absolute Gasteiger partial charge is 0.333 e. The first-order valence-corrected chi connectivity index (χ1v) is 12.6. The summed E-state index contributed by atoms with van der Waals surface area (Å²) in [5, 5.41) is 0. The first-order valence-electron chi connectivity index (χ1n) is 10.8. The fourth-order valence-electron chi connectivity index (χ4n) is 4.63. The van der Waals surface area contributed by atoms with Crippen LogP contribution in [0.4, 0.5) is 0 Å². The van der Waals surface area contributed by atoms with Gasteiger partial charge in [-0.3, -0.25) is 13.9 Å². The number of rotatable bonds is 7. The summed E-state index contributed by atoms with van der Waals surface area (Å²) in [7, 11) is -3.02. The first-order chi connectivity index (χ1) is 15.0. The van der Waals surface area contributed by atoms with E-state index in [9.17, 15) is 18.0 Å². The number of Topliss-reactive ketones (excluding diaryl/α,β-unsaturated/α-hetero) is 1. The number of benzene rings is 2. The molecular weight excluding hydrogens is 428 g/mol. The minimum absolute atomic E-state index is 0.0389. The van der Waals surface area contributed by atoms with E-state index in [4.69, 9.17) is 4.74 Å². The summed E-state index contributed by atoms with van der Waals surface area (Å²) in [6.45, 7) is 8.11. The number of carbonyl (C=O) groups is 1. The number of ketones is 1. The highest BCUT2D eigenvalue weighted by Gasteiger charge is 2.45. The second-order valence-electron chi connectivity index (χ2n) is 9.16. The summed E-state index contributed by atoms with van der Waals surface area (Å²) >= 11 is 0. The highest BCUT2D eigenvalue weighted by atomic mass is 32.2. The maximum absolute atomic E-state index is 13.4. The van der Waals surface area contributed by atoms with E-state index in [1.807, 2.05) is 52.0 Å². The Hall–Kier alpha value is -2.87. The van der Waals surface area contributed by atoms with Crippen molar-refractivity contribution in [2.45, 2.75) is 40.2 Å². The number of imidazole rings is 1. The van der Waals surface area contributed by atoms with Gasteiger partial charge in [0.25, 0.3) is 0 Å². The zero-order valence-electron chi connectivity index (χ0n) is 18.8. The molecule has 0 aliphatic carbocycles. The van der Waals surface area contributed by atoms with Crippen molar-refractivity contribution in [3.05, 3.63) is 58.5 Å². The third kappa shape index (κ3) is 3.99. The maximum atomic E-state index is 13.4. The Balaban J connectivity index is 1.78. The zero-order chi connectivity index (χ0) is 23.3. The van der Waals surface area contributed by atoms with Gasteiger partial charge in [-0.1, -0.05) is 13.0 Å². The average molecular weight is 457 g/mol. The number of nitrogens with zero attached hydrogens (tertiary/aromatic N) is 2. The molecule has 7 nitrogen and oxygen atoms in total. The van der Waals surface area contributed by atoms with Crippen LogP contribution in [0.2, 0.25) is 0 Å². The predicted octanol–water partition coefficient (Wildman–Crippen LogP) is 3.78. The van der Waals surface area contributed by atoms with Gasteiger partial charge >= 0.3 is 5.69 Å². The monoisotopic (exact) mass is 456 g/mol. The van der Waals surface area contributed by atoms with Crippen LogP contribution < -0.4 is 10.4 Å². The second kappa shape index (κ2) is 7.92. The van der Waals surface area contributed by atoms with Crippen molar-refractivity contribution < 1.29 is 17.9 Å². The molecule has 0 bridgehead atoms. The predicted molar refractivity (Wildman–Crippen MR) is 125 cm³/mol. The van der Waals surface area contributed by atoms with Crippen molar-refractivity contribution in [1.29, 1.82) is 0 Å². The largest absolute Gasteiger partial charge is 0.494 e. The Kier molecular flexibility index (Phi) is 5.53. The van der Waals surface area contributed by atoms with Gasteiger partial charge in [-0.2, -0.15) is 0 Å². The third-order valence-corrected chi connectivity index (χ3v) is 8.10. The molecular formula is C24H28N2O5S. The highest BCUT2D eigenvalue weighted by Crippen LogP contribution is 2.37. The van der Waals surface area contributed by atoms with E-state index in [2.05, 4.69) is 0 Å². The summed E-state index contributed by atoms with van der Waals surface area (Å²) in [4.78, 5) is 26.3. The standard InChI is InChI=1S/C24H28N2O5S/c1-5-31-19-8-6-7-18(12-19)26-20-10-9-17(11-21(20)25(16(2)3)23(26)28)22(27)13-24(4)14-32(29,30)15-24/h6-12,16H,5,13-15H2,1-4H3. The molecule has 0 N–H and O–H groups in total. The fourth-order valence-corrected chi connectivity index (χ4v) is 6.87. The van der Waals surface area contributed by atoms with Crippen LogP contribution in [-0.2, 0) is 9.84 Å². The van der Waals surface area contributed by atoms with Gasteiger partial charge in [0.2, 0.25) is 0 Å². The van der Waals surface area contributed by atoms with Gasteiger partial charge in [0.1, 0.15) is 5.75 Å². The molecule has 3 aromatic rings. The lowest BCUT2D eigenvalue weighted by atomic mass is 9.86. The SMILES string of the molecule is CCOc1cccc(-n2c(=O)n(C(C)C)c3cc(C(=O)CC4(C)CS(=O)(=O)C4)ccc32)c1. The molecule has 32 heavy (non-hydrogen) atoms. The lowest BCUT2D eigenvalue weighted by Gasteiger charge is -2.37. The minimum Gasteiger partial charge on any atom is -0.494 e. The quantitative estimate of drug-likeness (QED) is 0.505. The fraction of sp³-hybridized carbons (Fsp3) is 0.417. The van der Waals surface area contributed by atoms with Crippen LogP contribution in [0.1, 0.15) is 50.5 Å². The molecule has 0 atom stereocenters. The molecule has 2 heterocycles. The summed E-state index contributed by atoms with van der Waals surface area (Å²) < 4.78 is 32.1. The van der Waals surface area contributed by atoms with Crippen LogP contribution in [0.25, 0.3) is 16.7 Å². The molecule has 0 spiro atoms. The summed E-state index contributed by atoms with van der Waals surface area (Å²) in [6.07, 6.45) is 0.167. The first kappa shape index (κ1) is 22.3. The van der Waals surface area contributed by atoms with E-state index in [0.717, 1.165) is 0 Å². The van der Waals surface area contributed by atoms with Crippen LogP contribution in [0, 0.1) is 5.41 Å². The van der Waals surface area contributed by atoms with E-state index >= 15 is 0 Å². The van der Waals surface area contributed by atoms with Crippen LogP contribution in [0.3, 0.4) is 0 Å². The Labute approximate surface area is 187 Å². The van der Waals surface area contributed by atoms with Crippen LogP contribution in [0.15, 0.2) is 47.3 Å². The van der Waals surface area contributed by atoms with Crippen LogP contribution in [0.5, 0.6) is 5.75 Å².